The molecule has 0 saturated heterocycles. The van der Waals surface area contributed by atoms with Gasteiger partial charge in [0.05, 0.1) is 16.9 Å². The first-order valence-electron chi connectivity index (χ1n) is 5.64. The topological polar surface area (TPSA) is 88.3 Å². The minimum atomic E-state index is -0.987. The summed E-state index contributed by atoms with van der Waals surface area (Å²) in [6.45, 7) is 0.348. The van der Waals surface area contributed by atoms with Crippen LogP contribution in [0.2, 0.25) is 0 Å². The molecule has 20 heavy (non-hydrogen) atoms. The van der Waals surface area contributed by atoms with Crippen LogP contribution in [0.5, 0.6) is 5.75 Å². The highest BCUT2D eigenvalue weighted by atomic mass is 16.5. The largest absolute Gasteiger partial charge is 0.478 e. The molecule has 0 heterocycles. The first kappa shape index (κ1) is 13.4. The third kappa shape index (κ3) is 3.49. The number of aromatic carboxylic acids is 1. The Kier molecular flexibility index (Phi) is 4.18. The number of carboxylic acid groups (broad SMARTS) is 1. The van der Waals surface area contributed by atoms with Gasteiger partial charge in [0.2, 0.25) is 0 Å². The van der Waals surface area contributed by atoms with Gasteiger partial charge in [-0.3, -0.25) is 4.79 Å². The van der Waals surface area contributed by atoms with E-state index in [1.165, 1.54) is 12.1 Å². The van der Waals surface area contributed by atoms with E-state index in [0.717, 1.165) is 0 Å². The second kappa shape index (κ2) is 6.24. The molecule has 0 bridgehead atoms. The van der Waals surface area contributed by atoms with Crippen LogP contribution in [0, 0.1) is 0 Å². The number of carboxylic acids is 1. The van der Waals surface area contributed by atoms with Crippen LogP contribution < -0.4 is 4.74 Å². The molecule has 0 aliphatic heterocycles. The van der Waals surface area contributed by atoms with Gasteiger partial charge in [-0.25, -0.2) is 4.79 Å². The number of azo groups is 1. The van der Waals surface area contributed by atoms with Gasteiger partial charge in [-0.15, -0.1) is 0 Å². The Morgan fingerprint density at radius 3 is 1.90 bits per heavy atom. The molecule has 0 spiro atoms. The lowest BCUT2D eigenvalue weighted by Gasteiger charge is -1.97. The van der Waals surface area contributed by atoms with Crippen molar-refractivity contribution < 1.29 is 19.4 Å². The number of benzene rings is 2. The predicted molar refractivity (Wildman–Crippen MR) is 70.7 cm³/mol. The summed E-state index contributed by atoms with van der Waals surface area (Å²) in [6.07, 6.45) is 0. The molecular formula is C14H10N2O4. The van der Waals surface area contributed by atoms with Crippen molar-refractivity contribution in [2.24, 2.45) is 10.2 Å². The average molecular weight is 270 g/mol. The van der Waals surface area contributed by atoms with E-state index in [9.17, 15) is 9.59 Å². The van der Waals surface area contributed by atoms with Crippen molar-refractivity contribution in [3.05, 3.63) is 54.1 Å². The highest BCUT2D eigenvalue weighted by Gasteiger charge is 2.00. The van der Waals surface area contributed by atoms with Crippen molar-refractivity contribution in [3.63, 3.8) is 0 Å². The van der Waals surface area contributed by atoms with E-state index >= 15 is 0 Å². The quantitative estimate of drug-likeness (QED) is 0.666. The zero-order valence-corrected chi connectivity index (χ0v) is 10.3. The molecule has 2 aromatic rings. The molecule has 0 amide bonds. The first-order chi connectivity index (χ1) is 9.69. The van der Waals surface area contributed by atoms with Crippen LogP contribution in [0.15, 0.2) is 58.8 Å². The normalized spacial score (nSPS) is 10.4. The van der Waals surface area contributed by atoms with Crippen LogP contribution in [0.4, 0.5) is 11.4 Å². The summed E-state index contributed by atoms with van der Waals surface area (Å²) in [4.78, 5) is 20.8. The molecule has 1 N–H and O–H groups in total. The first-order valence-corrected chi connectivity index (χ1v) is 5.64. The summed E-state index contributed by atoms with van der Waals surface area (Å²) in [6, 6.07) is 12.5. The minimum Gasteiger partial charge on any atom is -0.478 e. The van der Waals surface area contributed by atoms with E-state index in [-0.39, 0.29) is 5.56 Å². The summed E-state index contributed by atoms with van der Waals surface area (Å²) < 4.78 is 4.65. The van der Waals surface area contributed by atoms with Crippen molar-refractivity contribution in [2.75, 3.05) is 0 Å². The molecule has 2 rings (SSSR count). The molecule has 0 atom stereocenters. The van der Waals surface area contributed by atoms with Crippen molar-refractivity contribution in [3.8, 4) is 5.75 Å². The zero-order valence-electron chi connectivity index (χ0n) is 10.3. The molecule has 0 unspecified atom stereocenters. The van der Waals surface area contributed by atoms with Crippen LogP contribution in [0.1, 0.15) is 10.4 Å². The lowest BCUT2D eigenvalue weighted by molar-refractivity contribution is -0.120. The summed E-state index contributed by atoms with van der Waals surface area (Å²) >= 11 is 0. The third-order valence-electron chi connectivity index (χ3n) is 2.42. The molecule has 0 fully saturated rings. The van der Waals surface area contributed by atoms with Crippen LogP contribution in [0.3, 0.4) is 0 Å². The third-order valence-corrected chi connectivity index (χ3v) is 2.42. The smallest absolute Gasteiger partial charge is 0.335 e. The number of carbonyl (C=O) groups excluding carboxylic acids is 1. The fourth-order valence-electron chi connectivity index (χ4n) is 1.43. The van der Waals surface area contributed by atoms with Gasteiger partial charge >= 0.3 is 5.97 Å². The van der Waals surface area contributed by atoms with E-state index in [1.807, 2.05) is 0 Å². The number of hydrogen-bond acceptors (Lipinski definition) is 5. The van der Waals surface area contributed by atoms with E-state index in [1.54, 1.807) is 36.4 Å². The molecule has 0 aromatic heterocycles. The lowest BCUT2D eigenvalue weighted by atomic mass is 10.2. The second-order valence-electron chi connectivity index (χ2n) is 3.76. The molecule has 0 radical (unpaired) electrons. The van der Waals surface area contributed by atoms with Gasteiger partial charge < -0.3 is 9.84 Å². The van der Waals surface area contributed by atoms with Crippen molar-refractivity contribution in [1.82, 2.24) is 0 Å². The number of rotatable bonds is 5. The molecular weight excluding hydrogens is 260 g/mol. The number of carbonyl (C=O) groups is 2. The van der Waals surface area contributed by atoms with Crippen LogP contribution >= 0.6 is 0 Å². The summed E-state index contributed by atoms with van der Waals surface area (Å²) in [5, 5.41) is 16.7. The summed E-state index contributed by atoms with van der Waals surface area (Å²) in [7, 11) is 0. The fourth-order valence-corrected chi connectivity index (χ4v) is 1.43. The van der Waals surface area contributed by atoms with Gasteiger partial charge in [-0.2, -0.15) is 10.2 Å². The maximum Gasteiger partial charge on any atom is 0.335 e. The Bertz CT molecular complexity index is 633. The van der Waals surface area contributed by atoms with Gasteiger partial charge in [0.1, 0.15) is 5.75 Å². The molecule has 6 nitrogen and oxygen atoms in total. The molecule has 6 heteroatoms. The number of hydrogen-bond donors (Lipinski definition) is 1. The average Bonchev–Trinajstić information content (AvgIpc) is 2.47. The summed E-state index contributed by atoms with van der Waals surface area (Å²) in [5.74, 6) is -0.566. The Labute approximate surface area is 114 Å². The highest BCUT2D eigenvalue weighted by molar-refractivity contribution is 5.87. The van der Waals surface area contributed by atoms with Gasteiger partial charge in [0.25, 0.3) is 6.47 Å². The number of ether oxygens (including phenoxy) is 1. The highest BCUT2D eigenvalue weighted by Crippen LogP contribution is 2.21. The molecule has 0 aliphatic carbocycles. The van der Waals surface area contributed by atoms with Gasteiger partial charge in [0, 0.05) is 0 Å². The van der Waals surface area contributed by atoms with Crippen molar-refractivity contribution in [2.45, 2.75) is 0 Å². The monoisotopic (exact) mass is 270 g/mol. The fraction of sp³-hybridized carbons (Fsp3) is 0. The molecule has 0 aliphatic rings. The molecule has 0 saturated carbocycles. The maximum atomic E-state index is 10.7. The Balaban J connectivity index is 2.08. The standard InChI is InChI=1S/C14H10N2O4/c17-9-20-13-7-5-12(6-8-13)16-15-11-3-1-10(2-4-11)14(18)19/h1-9H,(H,18,19)/b16-15+. The molecule has 2 aromatic carbocycles. The van der Waals surface area contributed by atoms with E-state index in [4.69, 9.17) is 5.11 Å². The zero-order chi connectivity index (χ0) is 14.4. The van der Waals surface area contributed by atoms with Crippen LogP contribution in [-0.4, -0.2) is 17.5 Å². The van der Waals surface area contributed by atoms with Gasteiger partial charge in [-0.05, 0) is 48.5 Å². The Morgan fingerprint density at radius 2 is 1.45 bits per heavy atom. The Hall–Kier alpha value is -3.02. The van der Waals surface area contributed by atoms with Crippen LogP contribution in [-0.2, 0) is 4.79 Å². The predicted octanol–water partition coefficient (Wildman–Crippen LogP) is 3.34. The van der Waals surface area contributed by atoms with Crippen molar-refractivity contribution in [1.29, 1.82) is 0 Å². The van der Waals surface area contributed by atoms with E-state index in [0.29, 0.717) is 23.6 Å². The van der Waals surface area contributed by atoms with Crippen molar-refractivity contribution >= 4 is 23.8 Å². The summed E-state index contributed by atoms with van der Waals surface area (Å²) in [5.41, 5.74) is 1.33. The minimum absolute atomic E-state index is 0.194. The SMILES string of the molecule is O=COc1ccc(/N=N/c2ccc(C(=O)O)cc2)cc1. The Morgan fingerprint density at radius 1 is 0.950 bits per heavy atom. The van der Waals surface area contributed by atoms with Gasteiger partial charge in [-0.1, -0.05) is 0 Å². The lowest BCUT2D eigenvalue weighted by Crippen LogP contribution is -1.93. The van der Waals surface area contributed by atoms with Crippen LogP contribution in [0.25, 0.3) is 0 Å². The maximum absolute atomic E-state index is 10.7. The molecule has 100 valence electrons. The second-order valence-corrected chi connectivity index (χ2v) is 3.76. The van der Waals surface area contributed by atoms with E-state index < -0.39 is 5.97 Å². The number of nitrogens with zero attached hydrogens (tertiary/aromatic N) is 2. The van der Waals surface area contributed by atoms with E-state index in [2.05, 4.69) is 15.0 Å². The van der Waals surface area contributed by atoms with Gasteiger partial charge in [0.15, 0.2) is 0 Å².